The van der Waals surface area contributed by atoms with Crippen LogP contribution in [-0.4, -0.2) is 45.1 Å². The van der Waals surface area contributed by atoms with Crippen LogP contribution in [-0.2, 0) is 27.8 Å². The Bertz CT molecular complexity index is 1550. The minimum atomic E-state index is -1.22. The Balaban J connectivity index is 1.70. The normalized spacial score (nSPS) is 11.1. The number of carbonyl (C=O) groups excluding carboxylic acids is 2. The van der Waals surface area contributed by atoms with Crippen LogP contribution in [0.4, 0.5) is 9.18 Å². The van der Waals surface area contributed by atoms with E-state index in [1.54, 1.807) is 42.5 Å². The summed E-state index contributed by atoms with van der Waals surface area (Å²) in [7, 11) is 1.44. The number of carbonyl (C=O) groups is 2. The van der Waals surface area contributed by atoms with Crippen LogP contribution in [0.1, 0.15) is 16.8 Å². The molecule has 0 spiro atoms. The second kappa shape index (κ2) is 14.8. The average Bonchev–Trinajstić information content (AvgIpc) is 2.95. The summed E-state index contributed by atoms with van der Waals surface area (Å²) in [6, 6.07) is 20.8. The molecular weight excluding hydrogens is 651 g/mol. The van der Waals surface area contributed by atoms with Crippen molar-refractivity contribution in [1.29, 1.82) is 0 Å². The van der Waals surface area contributed by atoms with Crippen molar-refractivity contribution in [3.8, 4) is 22.4 Å². The van der Waals surface area contributed by atoms with Crippen molar-refractivity contribution in [3.63, 3.8) is 0 Å². The summed E-state index contributed by atoms with van der Waals surface area (Å²) in [5.74, 6) is -0.662. The number of ether oxygens (including phenoxy) is 1. The number of rotatable bonds is 11. The molecule has 1 atom stereocenters. The molecule has 0 saturated heterocycles. The van der Waals surface area contributed by atoms with Gasteiger partial charge in [-0.05, 0) is 0 Å². The molecular formula is C30H26AsCl3FN3O3. The first-order valence-electron chi connectivity index (χ1n) is 12.5. The van der Waals surface area contributed by atoms with Crippen molar-refractivity contribution < 1.29 is 18.7 Å². The number of amides is 2. The first-order chi connectivity index (χ1) is 19.7. The van der Waals surface area contributed by atoms with Gasteiger partial charge in [0.25, 0.3) is 0 Å². The number of benzene rings is 3. The summed E-state index contributed by atoms with van der Waals surface area (Å²) >= 11 is 17.7. The Morgan fingerprint density at radius 2 is 1.61 bits per heavy atom. The fourth-order valence-electron chi connectivity index (χ4n) is 4.06. The third kappa shape index (κ3) is 8.54. The molecule has 0 fully saturated rings. The Labute approximate surface area is 259 Å². The predicted molar refractivity (Wildman–Crippen MR) is 163 cm³/mol. The molecule has 2 N–H and O–H groups in total. The fraction of sp³-hybridized carbons (Fsp3) is 0.167. The average molecular weight is 677 g/mol. The first kappa shape index (κ1) is 31.0. The zero-order valence-corrected chi connectivity index (χ0v) is 26.3. The molecule has 3 aromatic carbocycles. The Hall–Kier alpha value is -2.93. The van der Waals surface area contributed by atoms with E-state index in [4.69, 9.17) is 44.5 Å². The van der Waals surface area contributed by atoms with Gasteiger partial charge in [0.1, 0.15) is 0 Å². The summed E-state index contributed by atoms with van der Waals surface area (Å²) in [4.78, 5) is 30.0. The number of pyridine rings is 1. The SMILES string of the molecule is COCC(=O)NCc1nc(-c2ccc(Cl)cc2)c(-c2ccc(Cl)cc2Cl)cc1C[AsH]C(=O)NCc1ccccc1F. The van der Waals surface area contributed by atoms with E-state index in [1.165, 1.54) is 13.2 Å². The van der Waals surface area contributed by atoms with Crippen LogP contribution in [0.5, 0.6) is 0 Å². The summed E-state index contributed by atoms with van der Waals surface area (Å²) in [5.41, 5.74) is 4.71. The molecule has 4 aromatic rings. The topological polar surface area (TPSA) is 80.3 Å². The van der Waals surface area contributed by atoms with E-state index in [0.717, 1.165) is 16.7 Å². The van der Waals surface area contributed by atoms with Crippen LogP contribution in [0.3, 0.4) is 0 Å². The van der Waals surface area contributed by atoms with Crippen LogP contribution < -0.4 is 10.6 Å². The molecule has 0 radical (unpaired) electrons. The minimum absolute atomic E-state index is 0.0931. The standard InChI is InChI=1S/C30H26AsCl3FN3O3/c1-41-17-28(39)36-16-27-20(14-31-30(40)37-15-19-4-2-3-5-26(19)35)12-24(23-11-10-22(33)13-25(23)34)29(38-27)18-6-8-21(32)9-7-18/h2-13,31H,14-17H2,1H3,(H,36,39)(H,37,40). The quantitative estimate of drug-likeness (QED) is 0.175. The zero-order valence-electron chi connectivity index (χ0n) is 21.9. The third-order valence-corrected chi connectivity index (χ3v) is 9.11. The van der Waals surface area contributed by atoms with E-state index in [1.807, 2.05) is 24.3 Å². The molecule has 2 amide bonds. The third-order valence-electron chi connectivity index (χ3n) is 6.10. The molecule has 0 bridgehead atoms. The monoisotopic (exact) mass is 675 g/mol. The van der Waals surface area contributed by atoms with Crippen molar-refractivity contribution in [3.05, 3.63) is 111 Å². The van der Waals surface area contributed by atoms with Gasteiger partial charge in [-0.25, -0.2) is 0 Å². The number of halogens is 4. The van der Waals surface area contributed by atoms with Crippen LogP contribution in [0.25, 0.3) is 22.4 Å². The van der Waals surface area contributed by atoms with Crippen molar-refractivity contribution in [1.82, 2.24) is 15.6 Å². The van der Waals surface area contributed by atoms with Gasteiger partial charge < -0.3 is 0 Å². The van der Waals surface area contributed by atoms with Crippen molar-refractivity contribution in [2.75, 3.05) is 13.7 Å². The second-order valence-corrected chi connectivity index (χ2v) is 12.7. The maximum atomic E-state index is 14.0. The summed E-state index contributed by atoms with van der Waals surface area (Å²) < 4.78 is 18.8. The Kier molecular flexibility index (Phi) is 11.2. The van der Waals surface area contributed by atoms with E-state index >= 15 is 0 Å². The van der Waals surface area contributed by atoms with Gasteiger partial charge in [0.15, 0.2) is 0 Å². The molecule has 1 aromatic heterocycles. The molecule has 0 aliphatic rings. The van der Waals surface area contributed by atoms with Crippen molar-refractivity contribution in [2.45, 2.75) is 18.3 Å². The number of hydrogen-bond acceptors (Lipinski definition) is 4. The van der Waals surface area contributed by atoms with Gasteiger partial charge >= 0.3 is 260 Å². The first-order valence-corrected chi connectivity index (χ1v) is 16.2. The fourth-order valence-corrected chi connectivity index (χ4v) is 6.52. The van der Waals surface area contributed by atoms with E-state index in [9.17, 15) is 14.0 Å². The molecule has 0 saturated carbocycles. The van der Waals surface area contributed by atoms with E-state index in [2.05, 4.69) is 10.6 Å². The predicted octanol–water partition coefficient (Wildman–Crippen LogP) is 6.62. The summed E-state index contributed by atoms with van der Waals surface area (Å²) in [6.45, 7) is 0.147. The molecule has 1 heterocycles. The summed E-state index contributed by atoms with van der Waals surface area (Å²) in [5, 5.41) is 7.60. The van der Waals surface area contributed by atoms with Gasteiger partial charge in [-0.1, -0.05) is 0 Å². The molecule has 1 unspecified atom stereocenters. The van der Waals surface area contributed by atoms with Crippen LogP contribution in [0, 0.1) is 5.82 Å². The van der Waals surface area contributed by atoms with Gasteiger partial charge in [0.2, 0.25) is 0 Å². The molecule has 11 heteroatoms. The van der Waals surface area contributed by atoms with E-state index in [-0.39, 0.29) is 36.1 Å². The molecule has 41 heavy (non-hydrogen) atoms. The summed E-state index contributed by atoms with van der Waals surface area (Å²) in [6.07, 6.45) is 0. The number of aromatic nitrogens is 1. The van der Waals surface area contributed by atoms with Gasteiger partial charge in [0, 0.05) is 0 Å². The number of methoxy groups -OCH3 is 1. The van der Waals surface area contributed by atoms with E-state index < -0.39 is 15.8 Å². The van der Waals surface area contributed by atoms with Crippen molar-refractivity contribution >= 4 is 61.2 Å². The molecule has 0 aliphatic carbocycles. The second-order valence-electron chi connectivity index (χ2n) is 8.96. The molecule has 4 rings (SSSR count). The van der Waals surface area contributed by atoms with Gasteiger partial charge in [-0.2, -0.15) is 0 Å². The Morgan fingerprint density at radius 3 is 2.32 bits per heavy atom. The molecule has 6 nitrogen and oxygen atoms in total. The number of nitrogens with zero attached hydrogens (tertiary/aromatic N) is 1. The molecule has 0 aliphatic heterocycles. The molecule has 212 valence electrons. The van der Waals surface area contributed by atoms with Gasteiger partial charge in [0.05, 0.1) is 0 Å². The van der Waals surface area contributed by atoms with Crippen LogP contribution in [0.2, 0.25) is 15.1 Å². The van der Waals surface area contributed by atoms with Crippen molar-refractivity contribution in [2.24, 2.45) is 0 Å². The van der Waals surface area contributed by atoms with Gasteiger partial charge in [-0.3, -0.25) is 0 Å². The zero-order chi connectivity index (χ0) is 29.4. The number of nitrogens with one attached hydrogen (secondary N) is 2. The Morgan fingerprint density at radius 1 is 0.878 bits per heavy atom. The van der Waals surface area contributed by atoms with E-state index in [0.29, 0.717) is 42.8 Å². The van der Waals surface area contributed by atoms with Crippen LogP contribution in [0.15, 0.2) is 72.8 Å². The van der Waals surface area contributed by atoms with Crippen LogP contribution >= 0.6 is 34.8 Å². The van der Waals surface area contributed by atoms with Gasteiger partial charge in [-0.15, -0.1) is 0 Å². The maximum absolute atomic E-state index is 14.0. The number of hydrogen-bond donors (Lipinski definition) is 2.